The predicted octanol–water partition coefficient (Wildman–Crippen LogP) is 0.884. The molecule has 0 N–H and O–H groups in total. The summed E-state index contributed by atoms with van der Waals surface area (Å²) < 4.78 is 5.39. The zero-order valence-corrected chi connectivity index (χ0v) is 17.1. The first-order valence-electron chi connectivity index (χ1n) is 10.5. The Kier molecular flexibility index (Phi) is 5.11. The van der Waals surface area contributed by atoms with E-state index in [0.717, 1.165) is 24.3 Å². The molecule has 2 aromatic rings. The minimum absolute atomic E-state index is 0.0807. The molecule has 0 atom stereocenters. The number of carbonyl (C=O) groups is 3. The van der Waals surface area contributed by atoms with Crippen LogP contribution in [0.3, 0.4) is 0 Å². The van der Waals surface area contributed by atoms with E-state index in [9.17, 15) is 14.4 Å². The molecule has 1 fully saturated rings. The van der Waals surface area contributed by atoms with Gasteiger partial charge in [0.05, 0.1) is 36.6 Å². The third-order valence-electron chi connectivity index (χ3n) is 6.01. The van der Waals surface area contributed by atoms with E-state index < -0.39 is 0 Å². The molecule has 0 radical (unpaired) electrons. The average molecular weight is 421 g/mol. The normalized spacial score (nSPS) is 18.3. The second-order valence-electron chi connectivity index (χ2n) is 7.86. The van der Waals surface area contributed by atoms with Gasteiger partial charge in [0.15, 0.2) is 0 Å². The van der Waals surface area contributed by atoms with E-state index in [1.54, 1.807) is 29.2 Å². The number of carbonyl (C=O) groups excluding carboxylic acids is 3. The highest BCUT2D eigenvalue weighted by Crippen LogP contribution is 2.24. The van der Waals surface area contributed by atoms with Crippen molar-refractivity contribution in [3.05, 3.63) is 52.8 Å². The van der Waals surface area contributed by atoms with Crippen molar-refractivity contribution >= 4 is 23.7 Å². The van der Waals surface area contributed by atoms with E-state index in [0.29, 0.717) is 49.8 Å². The number of hydrogen-bond donors (Lipinski definition) is 0. The van der Waals surface area contributed by atoms with Gasteiger partial charge in [-0.1, -0.05) is 12.1 Å². The minimum Gasteiger partial charge on any atom is -0.378 e. The molecule has 0 aliphatic carbocycles. The maximum Gasteiger partial charge on any atom is 0.261 e. The van der Waals surface area contributed by atoms with Crippen LogP contribution >= 0.6 is 0 Å². The molecular weight excluding hydrogens is 398 g/mol. The number of ether oxygens (including phenoxy) is 1. The van der Waals surface area contributed by atoms with Gasteiger partial charge in [0.2, 0.25) is 11.9 Å². The van der Waals surface area contributed by atoms with E-state index >= 15 is 0 Å². The Morgan fingerprint density at radius 1 is 1.03 bits per heavy atom. The lowest BCUT2D eigenvalue weighted by atomic mass is 10.1. The molecule has 0 bridgehead atoms. The molecule has 9 heteroatoms. The third kappa shape index (κ3) is 3.65. The smallest absolute Gasteiger partial charge is 0.261 e. The summed E-state index contributed by atoms with van der Waals surface area (Å²) in [4.78, 5) is 52.0. The topological polar surface area (TPSA) is 95.9 Å². The van der Waals surface area contributed by atoms with Crippen molar-refractivity contribution in [2.24, 2.45) is 0 Å². The van der Waals surface area contributed by atoms with Crippen molar-refractivity contribution in [1.82, 2.24) is 19.8 Å². The summed E-state index contributed by atoms with van der Waals surface area (Å²) in [6, 6.07) is 6.75. The average Bonchev–Trinajstić information content (AvgIpc) is 3.07. The molecule has 4 heterocycles. The molecule has 1 aromatic heterocycles. The zero-order chi connectivity index (χ0) is 21.4. The van der Waals surface area contributed by atoms with Crippen LogP contribution in [-0.4, -0.2) is 76.9 Å². The van der Waals surface area contributed by atoms with Gasteiger partial charge in [-0.2, -0.15) is 0 Å². The van der Waals surface area contributed by atoms with Crippen LogP contribution < -0.4 is 4.90 Å². The Morgan fingerprint density at radius 2 is 1.74 bits per heavy atom. The molecule has 0 saturated carbocycles. The van der Waals surface area contributed by atoms with Gasteiger partial charge < -0.3 is 14.5 Å². The molecule has 5 rings (SSSR count). The molecule has 31 heavy (non-hydrogen) atoms. The van der Waals surface area contributed by atoms with Gasteiger partial charge in [0.25, 0.3) is 11.8 Å². The predicted molar refractivity (Wildman–Crippen MR) is 111 cm³/mol. The molecule has 1 aromatic carbocycles. The Hall–Kier alpha value is -3.33. The van der Waals surface area contributed by atoms with Crippen LogP contribution in [0.4, 0.5) is 5.95 Å². The van der Waals surface area contributed by atoms with Gasteiger partial charge in [0, 0.05) is 38.8 Å². The van der Waals surface area contributed by atoms with Crippen LogP contribution in [0.15, 0.2) is 30.5 Å². The summed E-state index contributed by atoms with van der Waals surface area (Å²) in [5.41, 5.74) is 2.72. The van der Waals surface area contributed by atoms with Crippen LogP contribution in [0.25, 0.3) is 0 Å². The lowest BCUT2D eigenvalue weighted by molar-refractivity contribution is -0.132. The van der Waals surface area contributed by atoms with E-state index in [1.165, 1.54) is 4.90 Å². The van der Waals surface area contributed by atoms with Gasteiger partial charge in [-0.25, -0.2) is 9.97 Å². The second-order valence-corrected chi connectivity index (χ2v) is 7.86. The van der Waals surface area contributed by atoms with Crippen molar-refractivity contribution in [3.8, 4) is 0 Å². The summed E-state index contributed by atoms with van der Waals surface area (Å²) in [6.07, 6.45) is 2.65. The first kappa shape index (κ1) is 19.6. The van der Waals surface area contributed by atoms with Crippen molar-refractivity contribution < 1.29 is 19.1 Å². The Labute approximate surface area is 179 Å². The standard InChI is InChI=1S/C22H23N5O4/c28-19(6-8-27-20(29)16-3-1-2-4-17(16)21(27)30)26-7-5-15-13-23-22(24-18(15)14-26)25-9-11-31-12-10-25/h1-4,13H,5-12,14H2. The summed E-state index contributed by atoms with van der Waals surface area (Å²) in [5, 5.41) is 0. The summed E-state index contributed by atoms with van der Waals surface area (Å²) >= 11 is 0. The highest BCUT2D eigenvalue weighted by molar-refractivity contribution is 6.21. The van der Waals surface area contributed by atoms with Crippen LogP contribution in [0.5, 0.6) is 0 Å². The van der Waals surface area contributed by atoms with Crippen molar-refractivity contribution in [2.75, 3.05) is 44.3 Å². The van der Waals surface area contributed by atoms with Crippen LogP contribution in [-0.2, 0) is 22.5 Å². The molecule has 160 valence electrons. The van der Waals surface area contributed by atoms with Crippen molar-refractivity contribution in [2.45, 2.75) is 19.4 Å². The molecule has 1 saturated heterocycles. The van der Waals surface area contributed by atoms with E-state index in [1.807, 2.05) is 6.20 Å². The first-order chi connectivity index (χ1) is 15.1. The number of amides is 3. The van der Waals surface area contributed by atoms with Gasteiger partial charge in [-0.05, 0) is 24.1 Å². The zero-order valence-electron chi connectivity index (χ0n) is 17.1. The van der Waals surface area contributed by atoms with E-state index in [2.05, 4.69) is 9.88 Å². The number of benzene rings is 1. The molecule has 3 amide bonds. The number of anilines is 1. The van der Waals surface area contributed by atoms with Gasteiger partial charge in [-0.3, -0.25) is 19.3 Å². The molecule has 3 aliphatic rings. The number of nitrogens with zero attached hydrogens (tertiary/aromatic N) is 5. The third-order valence-corrected chi connectivity index (χ3v) is 6.01. The SMILES string of the molecule is O=C(CCN1C(=O)c2ccccc2C1=O)N1CCc2cnc(N3CCOCC3)nc2C1. The van der Waals surface area contributed by atoms with Crippen LogP contribution in [0.2, 0.25) is 0 Å². The van der Waals surface area contributed by atoms with Gasteiger partial charge in [-0.15, -0.1) is 0 Å². The molecule has 0 unspecified atom stereocenters. The lowest BCUT2D eigenvalue weighted by Gasteiger charge is -2.31. The fraction of sp³-hybridized carbons (Fsp3) is 0.409. The first-order valence-corrected chi connectivity index (χ1v) is 10.5. The number of rotatable bonds is 4. The largest absolute Gasteiger partial charge is 0.378 e. The highest BCUT2D eigenvalue weighted by atomic mass is 16.5. The number of morpholine rings is 1. The summed E-state index contributed by atoms with van der Waals surface area (Å²) in [7, 11) is 0. The Balaban J connectivity index is 1.23. The lowest BCUT2D eigenvalue weighted by Crippen LogP contribution is -2.40. The molecule has 3 aliphatic heterocycles. The van der Waals surface area contributed by atoms with Gasteiger partial charge in [0.1, 0.15) is 0 Å². The number of hydrogen-bond acceptors (Lipinski definition) is 7. The van der Waals surface area contributed by atoms with Crippen molar-refractivity contribution in [1.29, 1.82) is 0 Å². The monoisotopic (exact) mass is 421 g/mol. The maximum atomic E-state index is 12.8. The minimum atomic E-state index is -0.333. The van der Waals surface area contributed by atoms with E-state index in [-0.39, 0.29) is 30.7 Å². The Bertz CT molecular complexity index is 1010. The quantitative estimate of drug-likeness (QED) is 0.677. The highest BCUT2D eigenvalue weighted by Gasteiger charge is 2.35. The molecular formula is C22H23N5O4. The van der Waals surface area contributed by atoms with Crippen molar-refractivity contribution in [3.63, 3.8) is 0 Å². The Morgan fingerprint density at radius 3 is 2.45 bits per heavy atom. The number of imide groups is 1. The van der Waals surface area contributed by atoms with Gasteiger partial charge >= 0.3 is 0 Å². The number of fused-ring (bicyclic) bond motifs is 2. The van der Waals surface area contributed by atoms with Crippen LogP contribution in [0, 0.1) is 0 Å². The summed E-state index contributed by atoms with van der Waals surface area (Å²) in [6.45, 7) is 3.89. The fourth-order valence-electron chi connectivity index (χ4n) is 4.23. The summed E-state index contributed by atoms with van der Waals surface area (Å²) in [5.74, 6) is -0.0864. The number of aromatic nitrogens is 2. The molecule has 9 nitrogen and oxygen atoms in total. The van der Waals surface area contributed by atoms with E-state index in [4.69, 9.17) is 9.72 Å². The van der Waals surface area contributed by atoms with Crippen LogP contribution in [0.1, 0.15) is 38.4 Å². The fourth-order valence-corrected chi connectivity index (χ4v) is 4.23. The maximum absolute atomic E-state index is 12.8. The second kappa shape index (κ2) is 8.07. The molecule has 0 spiro atoms.